The maximum atomic E-state index is 12.6. The molecule has 0 spiro atoms. The molecule has 0 aromatic heterocycles. The molecule has 0 radical (unpaired) electrons. The summed E-state index contributed by atoms with van der Waals surface area (Å²) in [6.45, 7) is 4.08. The fraction of sp³-hybridized carbons (Fsp3) is 0.500. The smallest absolute Gasteiger partial charge is 0.407 e. The molecular weight excluding hydrogens is 336 g/mol. The first-order valence-electron chi connectivity index (χ1n) is 8.86. The molecular formula is C18H24N4O4. The summed E-state index contributed by atoms with van der Waals surface area (Å²) >= 11 is 0. The highest BCUT2D eigenvalue weighted by molar-refractivity contribution is 5.90. The highest BCUT2D eigenvalue weighted by atomic mass is 16.4. The van der Waals surface area contributed by atoms with Gasteiger partial charge >= 0.3 is 12.1 Å². The fourth-order valence-corrected chi connectivity index (χ4v) is 3.52. The van der Waals surface area contributed by atoms with E-state index in [-0.39, 0.29) is 11.9 Å². The Balaban J connectivity index is 1.53. The Bertz CT molecular complexity index is 700. The van der Waals surface area contributed by atoms with Gasteiger partial charge in [-0.15, -0.1) is 0 Å². The lowest BCUT2D eigenvalue weighted by molar-refractivity contribution is -0.136. The van der Waals surface area contributed by atoms with Crippen LogP contribution in [0.3, 0.4) is 0 Å². The van der Waals surface area contributed by atoms with Gasteiger partial charge in [-0.05, 0) is 37.5 Å². The summed E-state index contributed by atoms with van der Waals surface area (Å²) in [5, 5.41) is 12.1. The summed E-state index contributed by atoms with van der Waals surface area (Å²) in [7, 11) is 0. The number of rotatable bonds is 2. The van der Waals surface area contributed by atoms with E-state index in [9.17, 15) is 19.5 Å². The number of hydrogen-bond acceptors (Lipinski definition) is 3. The lowest BCUT2D eigenvalue weighted by Gasteiger charge is -2.36. The van der Waals surface area contributed by atoms with Crippen LogP contribution in [-0.4, -0.2) is 76.6 Å². The normalized spacial score (nSPS) is 20.2. The van der Waals surface area contributed by atoms with Crippen LogP contribution < -0.4 is 5.32 Å². The van der Waals surface area contributed by atoms with Crippen molar-refractivity contribution in [2.75, 3.05) is 38.0 Å². The average Bonchev–Trinajstić information content (AvgIpc) is 3.11. The summed E-state index contributed by atoms with van der Waals surface area (Å²) in [6.07, 6.45) is 0.234. The Labute approximate surface area is 152 Å². The summed E-state index contributed by atoms with van der Waals surface area (Å²) < 4.78 is 0. The first-order valence-corrected chi connectivity index (χ1v) is 8.86. The molecule has 2 fully saturated rings. The number of benzene rings is 1. The average molecular weight is 360 g/mol. The van der Waals surface area contributed by atoms with Gasteiger partial charge < -0.3 is 20.2 Å². The second-order valence-corrected chi connectivity index (χ2v) is 6.75. The van der Waals surface area contributed by atoms with Crippen LogP contribution in [0, 0.1) is 6.92 Å². The van der Waals surface area contributed by atoms with Crippen molar-refractivity contribution < 1.29 is 19.5 Å². The molecule has 0 bridgehead atoms. The maximum Gasteiger partial charge on any atom is 0.407 e. The minimum absolute atomic E-state index is 0.149. The largest absolute Gasteiger partial charge is 0.465 e. The summed E-state index contributed by atoms with van der Waals surface area (Å²) in [6, 6.07) is 6.82. The van der Waals surface area contributed by atoms with Crippen molar-refractivity contribution in [1.29, 1.82) is 0 Å². The number of piperazine rings is 1. The number of urea groups is 1. The number of hydrogen-bond donors (Lipinski definition) is 2. The quantitative estimate of drug-likeness (QED) is 0.841. The molecule has 2 heterocycles. The van der Waals surface area contributed by atoms with Crippen LogP contribution in [0.15, 0.2) is 24.3 Å². The van der Waals surface area contributed by atoms with Crippen LogP contribution in [0.25, 0.3) is 0 Å². The number of anilines is 1. The van der Waals surface area contributed by atoms with E-state index in [1.807, 2.05) is 31.2 Å². The Morgan fingerprint density at radius 2 is 1.77 bits per heavy atom. The molecule has 26 heavy (non-hydrogen) atoms. The van der Waals surface area contributed by atoms with Crippen molar-refractivity contribution >= 4 is 23.7 Å². The Morgan fingerprint density at radius 1 is 1.08 bits per heavy atom. The molecule has 3 rings (SSSR count). The molecule has 2 aliphatic rings. The zero-order chi connectivity index (χ0) is 18.7. The van der Waals surface area contributed by atoms with Crippen molar-refractivity contribution in [2.45, 2.75) is 25.8 Å². The third kappa shape index (κ3) is 3.89. The second kappa shape index (κ2) is 7.63. The molecule has 8 heteroatoms. The van der Waals surface area contributed by atoms with Crippen LogP contribution in [0.1, 0.15) is 18.4 Å². The molecule has 2 saturated heterocycles. The number of carbonyl (C=O) groups excluding carboxylic acids is 2. The Kier molecular flexibility index (Phi) is 5.29. The van der Waals surface area contributed by atoms with Gasteiger partial charge in [-0.1, -0.05) is 12.1 Å². The van der Waals surface area contributed by atoms with Crippen LogP contribution in [-0.2, 0) is 4.79 Å². The van der Waals surface area contributed by atoms with E-state index in [4.69, 9.17) is 0 Å². The van der Waals surface area contributed by atoms with E-state index in [1.54, 1.807) is 9.80 Å². The minimum Gasteiger partial charge on any atom is -0.465 e. The monoisotopic (exact) mass is 360 g/mol. The van der Waals surface area contributed by atoms with Crippen molar-refractivity contribution in [3.05, 3.63) is 29.8 Å². The Morgan fingerprint density at radius 3 is 2.42 bits per heavy atom. The molecule has 0 saturated carbocycles. The van der Waals surface area contributed by atoms with Gasteiger partial charge in [0.15, 0.2) is 0 Å². The van der Waals surface area contributed by atoms with Gasteiger partial charge in [0.2, 0.25) is 5.91 Å². The Hall–Kier alpha value is -2.77. The predicted molar refractivity (Wildman–Crippen MR) is 96.1 cm³/mol. The van der Waals surface area contributed by atoms with E-state index in [0.717, 1.165) is 11.3 Å². The fourth-order valence-electron chi connectivity index (χ4n) is 3.52. The predicted octanol–water partition coefficient (Wildman–Crippen LogP) is 1.81. The minimum atomic E-state index is -1.04. The van der Waals surface area contributed by atoms with Crippen LogP contribution in [0.2, 0.25) is 0 Å². The van der Waals surface area contributed by atoms with E-state index in [2.05, 4.69) is 5.32 Å². The van der Waals surface area contributed by atoms with Crippen molar-refractivity contribution in [1.82, 2.24) is 14.7 Å². The number of nitrogens with one attached hydrogen (secondary N) is 1. The maximum absolute atomic E-state index is 12.6. The number of amides is 4. The van der Waals surface area contributed by atoms with Crippen LogP contribution >= 0.6 is 0 Å². The molecule has 4 amide bonds. The molecule has 2 aliphatic heterocycles. The molecule has 0 aliphatic carbocycles. The molecule has 2 N–H and O–H groups in total. The van der Waals surface area contributed by atoms with Gasteiger partial charge in [-0.3, -0.25) is 9.69 Å². The van der Waals surface area contributed by atoms with E-state index in [0.29, 0.717) is 45.6 Å². The topological polar surface area (TPSA) is 93.2 Å². The number of likely N-dealkylation sites (tertiary alicyclic amines) is 1. The van der Waals surface area contributed by atoms with E-state index >= 15 is 0 Å². The second-order valence-electron chi connectivity index (χ2n) is 6.75. The summed E-state index contributed by atoms with van der Waals surface area (Å²) in [5.74, 6) is -0.149. The zero-order valence-corrected chi connectivity index (χ0v) is 14.9. The highest BCUT2D eigenvalue weighted by Gasteiger charge is 2.37. The van der Waals surface area contributed by atoms with Gasteiger partial charge in [0.05, 0.1) is 0 Å². The molecule has 140 valence electrons. The van der Waals surface area contributed by atoms with Crippen molar-refractivity contribution in [2.24, 2.45) is 0 Å². The van der Waals surface area contributed by atoms with Crippen molar-refractivity contribution in [3.8, 4) is 0 Å². The lowest BCUT2D eigenvalue weighted by atomic mass is 10.1. The molecule has 8 nitrogen and oxygen atoms in total. The lowest BCUT2D eigenvalue weighted by Crippen LogP contribution is -2.55. The van der Waals surface area contributed by atoms with Crippen LogP contribution in [0.4, 0.5) is 15.3 Å². The van der Waals surface area contributed by atoms with Gasteiger partial charge in [-0.2, -0.15) is 0 Å². The van der Waals surface area contributed by atoms with E-state index in [1.165, 1.54) is 4.90 Å². The third-order valence-electron chi connectivity index (χ3n) is 4.93. The first-order chi connectivity index (χ1) is 12.5. The standard InChI is InChI=1S/C18H24N4O4/c1-13-4-2-5-14(12-13)19-17(24)21-10-8-20(9-11-21)16(23)15-6-3-7-22(15)18(25)26/h2,4-5,12,15H,3,6-11H2,1H3,(H,19,24)(H,25,26)/t15-/m0/s1. The number of carboxylic acid groups (broad SMARTS) is 1. The zero-order valence-electron chi connectivity index (χ0n) is 14.9. The van der Waals surface area contributed by atoms with Gasteiger partial charge in [0, 0.05) is 38.4 Å². The van der Waals surface area contributed by atoms with Gasteiger partial charge in [0.1, 0.15) is 6.04 Å². The van der Waals surface area contributed by atoms with Gasteiger partial charge in [-0.25, -0.2) is 9.59 Å². The summed E-state index contributed by atoms with van der Waals surface area (Å²) in [4.78, 5) is 40.8. The molecule has 1 atom stereocenters. The number of aryl methyl sites for hydroxylation is 1. The molecule has 1 aromatic rings. The van der Waals surface area contributed by atoms with Crippen molar-refractivity contribution in [3.63, 3.8) is 0 Å². The first kappa shape index (κ1) is 18.0. The van der Waals surface area contributed by atoms with Gasteiger partial charge in [0.25, 0.3) is 0 Å². The van der Waals surface area contributed by atoms with Crippen LogP contribution in [0.5, 0.6) is 0 Å². The molecule has 0 unspecified atom stereocenters. The summed E-state index contributed by atoms with van der Waals surface area (Å²) in [5.41, 5.74) is 1.81. The third-order valence-corrected chi connectivity index (χ3v) is 4.93. The van der Waals surface area contributed by atoms with E-state index < -0.39 is 12.1 Å². The SMILES string of the molecule is Cc1cccc(NC(=O)N2CCN(C(=O)[C@@H]3CCCN3C(=O)O)CC2)c1. The highest BCUT2D eigenvalue weighted by Crippen LogP contribution is 2.20. The number of carbonyl (C=O) groups is 3. The molecule has 1 aromatic carbocycles. The number of nitrogens with zero attached hydrogens (tertiary/aromatic N) is 3.